The average molecular weight is 251 g/mol. The minimum Gasteiger partial charge on any atom is -0.345 e. The van der Waals surface area contributed by atoms with Crippen LogP contribution in [0.5, 0.6) is 0 Å². The lowest BCUT2D eigenvalue weighted by molar-refractivity contribution is 0.549. The molecule has 0 amide bonds. The second-order valence-corrected chi connectivity index (χ2v) is 5.61. The van der Waals surface area contributed by atoms with Crippen LogP contribution in [0.25, 0.3) is 16.8 Å². The SMILES string of the molecule is C1=C[C@H]2C[C@@H]1CC2c1nnc2cnc3[nH]ccc3n12. The van der Waals surface area contributed by atoms with Crippen molar-refractivity contribution in [2.75, 3.05) is 0 Å². The fourth-order valence-corrected chi connectivity index (χ4v) is 3.72. The van der Waals surface area contributed by atoms with Gasteiger partial charge < -0.3 is 4.98 Å². The summed E-state index contributed by atoms with van der Waals surface area (Å²) in [6, 6.07) is 2.05. The van der Waals surface area contributed by atoms with Gasteiger partial charge in [-0.2, -0.15) is 0 Å². The Morgan fingerprint density at radius 1 is 1.21 bits per heavy atom. The highest BCUT2D eigenvalue weighted by molar-refractivity contribution is 5.74. The van der Waals surface area contributed by atoms with Gasteiger partial charge in [-0.1, -0.05) is 12.2 Å². The van der Waals surface area contributed by atoms with E-state index in [1.165, 1.54) is 12.8 Å². The number of rotatable bonds is 1. The van der Waals surface area contributed by atoms with Gasteiger partial charge in [0, 0.05) is 12.1 Å². The van der Waals surface area contributed by atoms with Crippen LogP contribution in [0.2, 0.25) is 0 Å². The minimum atomic E-state index is 0.505. The number of nitrogens with zero attached hydrogens (tertiary/aromatic N) is 4. The number of nitrogens with one attached hydrogen (secondary N) is 1. The fourth-order valence-electron chi connectivity index (χ4n) is 3.72. The van der Waals surface area contributed by atoms with E-state index in [1.807, 2.05) is 12.3 Å². The van der Waals surface area contributed by atoms with E-state index in [-0.39, 0.29) is 0 Å². The molecule has 19 heavy (non-hydrogen) atoms. The summed E-state index contributed by atoms with van der Waals surface area (Å²) >= 11 is 0. The van der Waals surface area contributed by atoms with Crippen LogP contribution in [-0.4, -0.2) is 24.6 Å². The van der Waals surface area contributed by atoms with Crippen molar-refractivity contribution in [3.05, 3.63) is 36.4 Å². The molecule has 0 saturated heterocycles. The Morgan fingerprint density at radius 3 is 3.05 bits per heavy atom. The topological polar surface area (TPSA) is 58.9 Å². The number of hydrogen-bond donors (Lipinski definition) is 1. The molecule has 0 radical (unpaired) electrons. The van der Waals surface area contributed by atoms with Crippen molar-refractivity contribution in [3.63, 3.8) is 0 Å². The Labute approximate surface area is 109 Å². The third kappa shape index (κ3) is 1.17. The highest BCUT2D eigenvalue weighted by atomic mass is 15.3. The highest BCUT2D eigenvalue weighted by Crippen LogP contribution is 2.48. The van der Waals surface area contributed by atoms with Gasteiger partial charge in [0.1, 0.15) is 5.82 Å². The lowest BCUT2D eigenvalue weighted by Crippen LogP contribution is -2.09. The number of H-pyrrole nitrogens is 1. The molecule has 1 saturated carbocycles. The van der Waals surface area contributed by atoms with Gasteiger partial charge in [0.2, 0.25) is 0 Å². The summed E-state index contributed by atoms with van der Waals surface area (Å²) < 4.78 is 2.16. The number of hydrogen-bond acceptors (Lipinski definition) is 3. The third-order valence-electron chi connectivity index (χ3n) is 4.58. The zero-order valence-corrected chi connectivity index (χ0v) is 10.3. The first-order valence-electron chi connectivity index (χ1n) is 6.75. The lowest BCUT2D eigenvalue weighted by atomic mass is 9.93. The maximum Gasteiger partial charge on any atom is 0.179 e. The fraction of sp³-hybridized carbons (Fsp3) is 0.357. The summed E-state index contributed by atoms with van der Waals surface area (Å²) in [5.41, 5.74) is 2.81. The number of fused-ring (bicyclic) bond motifs is 5. The molecule has 1 N–H and O–H groups in total. The van der Waals surface area contributed by atoms with Gasteiger partial charge in [0.15, 0.2) is 11.3 Å². The maximum atomic E-state index is 4.45. The molecule has 94 valence electrons. The zero-order chi connectivity index (χ0) is 12.4. The van der Waals surface area contributed by atoms with Crippen molar-refractivity contribution >= 4 is 16.8 Å². The molecule has 3 aromatic heterocycles. The van der Waals surface area contributed by atoms with Gasteiger partial charge in [-0.3, -0.25) is 4.40 Å². The zero-order valence-electron chi connectivity index (χ0n) is 10.3. The van der Waals surface area contributed by atoms with Gasteiger partial charge in [-0.15, -0.1) is 10.2 Å². The standard InChI is InChI=1S/C14H13N5/c1-2-9-5-8(1)6-10(9)14-18-17-12-7-16-13-11(19(12)14)3-4-15-13/h1-4,7-10,15H,5-6H2/t8-,9+,10?/m1/s1. The van der Waals surface area contributed by atoms with Crippen molar-refractivity contribution in [2.45, 2.75) is 18.8 Å². The van der Waals surface area contributed by atoms with Crippen molar-refractivity contribution in [3.8, 4) is 0 Å². The molecule has 5 rings (SSSR count). The van der Waals surface area contributed by atoms with Crippen LogP contribution in [0.15, 0.2) is 30.6 Å². The van der Waals surface area contributed by atoms with Crippen molar-refractivity contribution in [1.29, 1.82) is 0 Å². The first kappa shape index (κ1) is 9.72. The summed E-state index contributed by atoms with van der Waals surface area (Å²) in [4.78, 5) is 7.52. The van der Waals surface area contributed by atoms with Gasteiger partial charge >= 0.3 is 0 Å². The smallest absolute Gasteiger partial charge is 0.179 e. The van der Waals surface area contributed by atoms with E-state index in [0.717, 1.165) is 28.6 Å². The molecule has 1 unspecified atom stereocenters. The monoisotopic (exact) mass is 251 g/mol. The van der Waals surface area contributed by atoms with Gasteiger partial charge in [0.25, 0.3) is 0 Å². The molecule has 3 heterocycles. The summed E-state index contributed by atoms with van der Waals surface area (Å²) in [7, 11) is 0. The molecule has 2 aliphatic carbocycles. The molecule has 3 aromatic rings. The minimum absolute atomic E-state index is 0.505. The molecule has 0 aromatic carbocycles. The largest absolute Gasteiger partial charge is 0.345 e. The van der Waals surface area contributed by atoms with E-state index in [9.17, 15) is 0 Å². The normalized spacial score (nSPS) is 28.9. The molecule has 5 heteroatoms. The third-order valence-corrected chi connectivity index (χ3v) is 4.58. The van der Waals surface area contributed by atoms with Crippen molar-refractivity contribution < 1.29 is 0 Å². The molecule has 2 aliphatic rings. The second-order valence-electron chi connectivity index (χ2n) is 5.61. The molecule has 0 aliphatic heterocycles. The maximum absolute atomic E-state index is 4.45. The first-order valence-corrected chi connectivity index (χ1v) is 6.75. The number of aromatic amines is 1. The molecular weight excluding hydrogens is 238 g/mol. The highest BCUT2D eigenvalue weighted by Gasteiger charge is 2.39. The van der Waals surface area contributed by atoms with Crippen molar-refractivity contribution in [2.24, 2.45) is 11.8 Å². The quantitative estimate of drug-likeness (QED) is 0.675. The van der Waals surface area contributed by atoms with Crippen LogP contribution in [0.1, 0.15) is 24.6 Å². The van der Waals surface area contributed by atoms with Crippen LogP contribution in [0, 0.1) is 11.8 Å². The van der Waals surface area contributed by atoms with Crippen LogP contribution < -0.4 is 0 Å². The Hall–Kier alpha value is -2.17. The first-order chi connectivity index (χ1) is 9.40. The molecule has 3 atom stereocenters. The van der Waals surface area contributed by atoms with Gasteiger partial charge in [-0.25, -0.2) is 4.98 Å². The van der Waals surface area contributed by atoms with E-state index in [4.69, 9.17) is 0 Å². The van der Waals surface area contributed by atoms with E-state index >= 15 is 0 Å². The van der Waals surface area contributed by atoms with Crippen LogP contribution in [-0.2, 0) is 0 Å². The summed E-state index contributed by atoms with van der Waals surface area (Å²) in [5.74, 6) is 2.98. The van der Waals surface area contributed by atoms with Crippen molar-refractivity contribution in [1.82, 2.24) is 24.6 Å². The predicted molar refractivity (Wildman–Crippen MR) is 70.7 cm³/mol. The Bertz CT molecular complexity index is 812. The molecule has 5 nitrogen and oxygen atoms in total. The van der Waals surface area contributed by atoms with Crippen LogP contribution in [0.3, 0.4) is 0 Å². The molecule has 2 bridgehead atoms. The Kier molecular flexibility index (Phi) is 1.65. The summed E-state index contributed by atoms with van der Waals surface area (Å²) in [6.07, 6.45) is 10.9. The lowest BCUT2D eigenvalue weighted by Gasteiger charge is -2.16. The second kappa shape index (κ2) is 3.23. The van der Waals surface area contributed by atoms with E-state index in [1.54, 1.807) is 6.20 Å². The van der Waals surface area contributed by atoms with E-state index in [2.05, 4.69) is 36.7 Å². The Balaban J connectivity index is 1.80. The summed E-state index contributed by atoms with van der Waals surface area (Å²) in [6.45, 7) is 0. The number of allylic oxidation sites excluding steroid dienone is 2. The molecule has 0 spiro atoms. The van der Waals surface area contributed by atoms with E-state index in [0.29, 0.717) is 11.8 Å². The molecule has 1 fully saturated rings. The molecular formula is C14H13N5. The van der Waals surface area contributed by atoms with E-state index < -0.39 is 0 Å². The Morgan fingerprint density at radius 2 is 2.21 bits per heavy atom. The van der Waals surface area contributed by atoms with Crippen LogP contribution in [0.4, 0.5) is 0 Å². The van der Waals surface area contributed by atoms with Gasteiger partial charge in [-0.05, 0) is 30.7 Å². The van der Waals surface area contributed by atoms with Gasteiger partial charge in [0.05, 0.1) is 11.7 Å². The average Bonchev–Trinajstić information content (AvgIpc) is 3.19. The number of aromatic nitrogens is 5. The summed E-state index contributed by atoms with van der Waals surface area (Å²) in [5, 5.41) is 8.74. The van der Waals surface area contributed by atoms with Crippen LogP contribution >= 0.6 is 0 Å². The predicted octanol–water partition coefficient (Wildman–Crippen LogP) is 2.29.